The molecule has 0 spiro atoms. The van der Waals surface area contributed by atoms with Gasteiger partial charge in [-0.1, -0.05) is 0 Å². The van der Waals surface area contributed by atoms with Crippen molar-refractivity contribution >= 4 is 22.3 Å². The summed E-state index contributed by atoms with van der Waals surface area (Å²) in [5.41, 5.74) is 0.905. The number of amides is 2. The molecule has 2 aliphatic heterocycles. The number of piperidine rings is 1. The van der Waals surface area contributed by atoms with Gasteiger partial charge in [0.1, 0.15) is 0 Å². The zero-order valence-corrected chi connectivity index (χ0v) is 15.2. The van der Waals surface area contributed by atoms with Crippen LogP contribution in [-0.4, -0.2) is 70.7 Å². The first kappa shape index (κ1) is 16.8. The fourth-order valence-corrected chi connectivity index (χ4v) is 4.39. The van der Waals surface area contributed by atoms with E-state index in [1.807, 2.05) is 27.1 Å². The van der Waals surface area contributed by atoms with Crippen LogP contribution in [-0.2, 0) is 11.3 Å². The summed E-state index contributed by atoms with van der Waals surface area (Å²) in [6.07, 6.45) is 7.35. The second-order valence-electron chi connectivity index (χ2n) is 6.74. The van der Waals surface area contributed by atoms with Gasteiger partial charge in [0, 0.05) is 50.0 Å². The molecule has 1 atom stereocenters. The molecule has 25 heavy (non-hydrogen) atoms. The maximum absolute atomic E-state index is 12.7. The molecule has 2 aliphatic rings. The SMILES string of the molecule is O=C(NCc1cn2ccsc2n1)N1CCCC[C@@H]1CN1CCOCC1. The Morgan fingerprint density at radius 3 is 3.04 bits per heavy atom. The van der Waals surface area contributed by atoms with Crippen LogP contribution in [0.5, 0.6) is 0 Å². The average Bonchev–Trinajstić information content (AvgIpc) is 3.23. The number of nitrogens with one attached hydrogen (secondary N) is 1. The number of carbonyl (C=O) groups is 1. The van der Waals surface area contributed by atoms with Crippen molar-refractivity contribution < 1.29 is 9.53 Å². The minimum absolute atomic E-state index is 0.0364. The monoisotopic (exact) mass is 363 g/mol. The third-order valence-corrected chi connectivity index (χ3v) is 5.80. The van der Waals surface area contributed by atoms with E-state index in [0.717, 1.165) is 62.9 Å². The first-order valence-electron chi connectivity index (χ1n) is 9.05. The Hall–Kier alpha value is -1.64. The molecule has 4 rings (SSSR count). The summed E-state index contributed by atoms with van der Waals surface area (Å²) in [6, 6.07) is 0.339. The molecule has 2 amide bonds. The molecule has 0 saturated carbocycles. The number of rotatable bonds is 4. The normalized spacial score (nSPS) is 22.4. The molecule has 0 aliphatic carbocycles. The maximum Gasteiger partial charge on any atom is 0.318 e. The van der Waals surface area contributed by atoms with Crippen molar-refractivity contribution in [3.05, 3.63) is 23.5 Å². The summed E-state index contributed by atoms with van der Waals surface area (Å²) >= 11 is 1.60. The zero-order chi connectivity index (χ0) is 17.1. The Balaban J connectivity index is 1.34. The number of hydrogen-bond acceptors (Lipinski definition) is 5. The summed E-state index contributed by atoms with van der Waals surface area (Å²) in [4.78, 5) is 22.7. The topological polar surface area (TPSA) is 62.1 Å². The lowest BCUT2D eigenvalue weighted by Crippen LogP contribution is -2.53. The van der Waals surface area contributed by atoms with Crippen LogP contribution in [0.1, 0.15) is 25.0 Å². The lowest BCUT2D eigenvalue weighted by atomic mass is 10.0. The number of ether oxygens (including phenoxy) is 1. The molecule has 0 aromatic carbocycles. The summed E-state index contributed by atoms with van der Waals surface area (Å²) in [6.45, 7) is 5.82. The Bertz CT molecular complexity index is 680. The van der Waals surface area contributed by atoms with Crippen LogP contribution in [0.25, 0.3) is 4.96 Å². The highest BCUT2D eigenvalue weighted by Gasteiger charge is 2.28. The molecule has 2 aromatic rings. The number of carbonyl (C=O) groups excluding carboxylic acids is 1. The van der Waals surface area contributed by atoms with Crippen LogP contribution < -0.4 is 5.32 Å². The highest BCUT2D eigenvalue weighted by Crippen LogP contribution is 2.19. The number of morpholine rings is 1. The van der Waals surface area contributed by atoms with Crippen LogP contribution in [0.2, 0.25) is 0 Å². The second-order valence-corrected chi connectivity index (χ2v) is 7.61. The number of aromatic nitrogens is 2. The zero-order valence-electron chi connectivity index (χ0n) is 14.4. The molecule has 2 saturated heterocycles. The molecule has 0 bridgehead atoms. The molecule has 7 nitrogen and oxygen atoms in total. The van der Waals surface area contributed by atoms with Gasteiger partial charge in [-0.25, -0.2) is 9.78 Å². The van der Waals surface area contributed by atoms with E-state index < -0.39 is 0 Å². The molecule has 0 unspecified atom stereocenters. The molecule has 136 valence electrons. The number of imidazole rings is 1. The lowest BCUT2D eigenvalue weighted by molar-refractivity contribution is 0.0221. The van der Waals surface area contributed by atoms with E-state index in [2.05, 4.69) is 15.2 Å². The predicted octanol–water partition coefficient (Wildman–Crippen LogP) is 1.79. The summed E-state index contributed by atoms with van der Waals surface area (Å²) in [5, 5.41) is 5.07. The van der Waals surface area contributed by atoms with Gasteiger partial charge in [-0.15, -0.1) is 11.3 Å². The van der Waals surface area contributed by atoms with E-state index in [1.54, 1.807) is 11.3 Å². The number of hydrogen-bond donors (Lipinski definition) is 1. The van der Waals surface area contributed by atoms with E-state index in [0.29, 0.717) is 12.6 Å². The summed E-state index contributed by atoms with van der Waals surface area (Å²) in [5.74, 6) is 0. The lowest BCUT2D eigenvalue weighted by Gasteiger charge is -2.39. The molecule has 2 aromatic heterocycles. The molecular weight excluding hydrogens is 338 g/mol. The fraction of sp³-hybridized carbons (Fsp3) is 0.647. The van der Waals surface area contributed by atoms with E-state index >= 15 is 0 Å². The van der Waals surface area contributed by atoms with Gasteiger partial charge in [0.15, 0.2) is 4.96 Å². The Morgan fingerprint density at radius 1 is 1.32 bits per heavy atom. The predicted molar refractivity (Wildman–Crippen MR) is 96.9 cm³/mol. The van der Waals surface area contributed by atoms with Crippen molar-refractivity contribution in [3.63, 3.8) is 0 Å². The largest absolute Gasteiger partial charge is 0.379 e. The van der Waals surface area contributed by atoms with E-state index in [9.17, 15) is 4.79 Å². The minimum atomic E-state index is 0.0364. The van der Waals surface area contributed by atoms with Crippen molar-refractivity contribution in [3.8, 4) is 0 Å². The number of nitrogens with zero attached hydrogens (tertiary/aromatic N) is 4. The van der Waals surface area contributed by atoms with Crippen LogP contribution in [0, 0.1) is 0 Å². The molecule has 1 N–H and O–H groups in total. The quantitative estimate of drug-likeness (QED) is 0.900. The molecule has 8 heteroatoms. The number of likely N-dealkylation sites (tertiary alicyclic amines) is 1. The second kappa shape index (κ2) is 7.72. The van der Waals surface area contributed by atoms with Gasteiger partial charge in [0.05, 0.1) is 25.5 Å². The number of fused-ring (bicyclic) bond motifs is 1. The number of urea groups is 1. The summed E-state index contributed by atoms with van der Waals surface area (Å²) in [7, 11) is 0. The Labute approximate surface area is 151 Å². The fourth-order valence-electron chi connectivity index (χ4n) is 3.67. The van der Waals surface area contributed by atoms with Crippen LogP contribution >= 0.6 is 11.3 Å². The first-order valence-corrected chi connectivity index (χ1v) is 9.93. The van der Waals surface area contributed by atoms with Crippen LogP contribution in [0.3, 0.4) is 0 Å². The van der Waals surface area contributed by atoms with Crippen molar-refractivity contribution in [2.75, 3.05) is 39.4 Å². The molecule has 0 radical (unpaired) electrons. The van der Waals surface area contributed by atoms with Crippen LogP contribution in [0.4, 0.5) is 4.79 Å². The minimum Gasteiger partial charge on any atom is -0.379 e. The van der Waals surface area contributed by atoms with Gasteiger partial charge in [0.2, 0.25) is 0 Å². The van der Waals surface area contributed by atoms with Crippen LogP contribution in [0.15, 0.2) is 17.8 Å². The maximum atomic E-state index is 12.7. The van der Waals surface area contributed by atoms with Gasteiger partial charge in [-0.3, -0.25) is 9.30 Å². The van der Waals surface area contributed by atoms with Gasteiger partial charge < -0.3 is 15.0 Å². The Kier molecular flexibility index (Phi) is 5.19. The van der Waals surface area contributed by atoms with Gasteiger partial charge >= 0.3 is 6.03 Å². The smallest absolute Gasteiger partial charge is 0.318 e. The van der Waals surface area contributed by atoms with Crippen molar-refractivity contribution in [1.82, 2.24) is 24.5 Å². The average molecular weight is 363 g/mol. The van der Waals surface area contributed by atoms with Crippen molar-refractivity contribution in [2.24, 2.45) is 0 Å². The van der Waals surface area contributed by atoms with Crippen molar-refractivity contribution in [1.29, 1.82) is 0 Å². The standard InChI is InChI=1S/C17H25N5O2S/c23-16(18-11-14-12-21-7-10-25-17(21)19-14)22-4-2-1-3-15(22)13-20-5-8-24-9-6-20/h7,10,12,15H,1-6,8-9,11,13H2,(H,18,23)/t15-/m1/s1. The van der Waals surface area contributed by atoms with Gasteiger partial charge in [-0.05, 0) is 19.3 Å². The molecule has 2 fully saturated rings. The molecular formula is C17H25N5O2S. The van der Waals surface area contributed by atoms with Gasteiger partial charge in [0.25, 0.3) is 0 Å². The van der Waals surface area contributed by atoms with E-state index in [-0.39, 0.29) is 6.03 Å². The number of thiazole rings is 1. The van der Waals surface area contributed by atoms with Crippen molar-refractivity contribution in [2.45, 2.75) is 31.8 Å². The third kappa shape index (κ3) is 3.96. The third-order valence-electron chi connectivity index (χ3n) is 5.02. The Morgan fingerprint density at radius 2 is 2.20 bits per heavy atom. The first-order chi connectivity index (χ1) is 12.3. The van der Waals surface area contributed by atoms with Gasteiger partial charge in [-0.2, -0.15) is 0 Å². The highest BCUT2D eigenvalue weighted by molar-refractivity contribution is 7.15. The van der Waals surface area contributed by atoms with E-state index in [1.165, 1.54) is 6.42 Å². The summed E-state index contributed by atoms with van der Waals surface area (Å²) < 4.78 is 7.42. The highest BCUT2D eigenvalue weighted by atomic mass is 32.1. The van der Waals surface area contributed by atoms with E-state index in [4.69, 9.17) is 4.74 Å². The molecule has 4 heterocycles.